The number of carbonyl (C=O) groups is 2. The van der Waals surface area contributed by atoms with Crippen LogP contribution in [-0.2, 0) is 9.59 Å². The molecule has 3 aromatic rings. The van der Waals surface area contributed by atoms with Gasteiger partial charge >= 0.3 is 0 Å². The van der Waals surface area contributed by atoms with E-state index in [0.29, 0.717) is 75.0 Å². The molecule has 270 valence electrons. The number of halogens is 1. The number of rotatable bonds is 9. The number of benzene rings is 2. The Morgan fingerprint density at radius 1 is 1.04 bits per heavy atom. The molecule has 4 aliphatic heterocycles. The summed E-state index contributed by atoms with van der Waals surface area (Å²) >= 11 is 0. The molecule has 1 atom stereocenters. The number of pyridine rings is 1. The number of nitrogens with one attached hydrogen (secondary N) is 1. The maximum absolute atomic E-state index is 14.7. The minimum absolute atomic E-state index is 0.0723. The second-order valence-corrected chi connectivity index (χ2v) is 14.3. The molecule has 0 bridgehead atoms. The van der Waals surface area contributed by atoms with Crippen molar-refractivity contribution in [1.29, 1.82) is 5.41 Å². The van der Waals surface area contributed by atoms with Crippen LogP contribution in [0.1, 0.15) is 60.1 Å². The van der Waals surface area contributed by atoms with Crippen molar-refractivity contribution in [2.24, 2.45) is 21.1 Å². The molecule has 5 heterocycles. The van der Waals surface area contributed by atoms with E-state index in [0.717, 1.165) is 54.7 Å². The highest BCUT2D eigenvalue weighted by Crippen LogP contribution is 2.42. The molecule has 1 aromatic heterocycles. The SMILES string of the molecule is CN=CN=C(N)c1ccc(C2=CCN(C(=O)CN3CC[C@]4(CCN(c5ccc(C)c(C(=N)c6ccc(F)c(N7CCCC7)n6)c5)C4=O)C3)CC2)cc1. The Bertz CT molecular complexity index is 1970. The molecule has 3 fully saturated rings. The fourth-order valence-corrected chi connectivity index (χ4v) is 7.94. The van der Waals surface area contributed by atoms with Crippen LogP contribution < -0.4 is 15.5 Å². The molecule has 3 N–H and O–H groups in total. The average Bonchev–Trinajstić information content (AvgIpc) is 3.92. The van der Waals surface area contributed by atoms with Gasteiger partial charge < -0.3 is 20.4 Å². The van der Waals surface area contributed by atoms with E-state index in [2.05, 4.69) is 25.9 Å². The van der Waals surface area contributed by atoms with Crippen LogP contribution in [0.15, 0.2) is 70.7 Å². The summed E-state index contributed by atoms with van der Waals surface area (Å²) in [6.07, 6.45) is 7.74. The summed E-state index contributed by atoms with van der Waals surface area (Å²) in [6, 6.07) is 16.7. The number of amides is 2. The number of amidine groups is 1. The minimum Gasteiger partial charge on any atom is -0.383 e. The second-order valence-electron chi connectivity index (χ2n) is 14.3. The predicted octanol–water partition coefficient (Wildman–Crippen LogP) is 4.65. The van der Waals surface area contributed by atoms with Crippen molar-refractivity contribution >= 4 is 46.8 Å². The predicted molar refractivity (Wildman–Crippen MR) is 204 cm³/mol. The molecule has 7 rings (SSSR count). The number of aliphatic imine (C=N–C) groups is 2. The standard InChI is InChI=1S/C40H46FN9O2/c1-27-5-10-31(23-32(27)36(42)34-12-11-33(41)38(46-34)49-17-3-4-18-49)50-22-16-40(39(50)52)15-21-47(25-40)24-35(51)48-19-13-29(14-20-48)28-6-8-30(9-7-28)37(43)45-26-44-2/h5-13,23,26,42H,3-4,14-22,24-25H2,1-2H3,(H2,43,44,45)/t40-/m0/s1. The third-order valence-electron chi connectivity index (χ3n) is 11.0. The molecule has 12 heteroatoms. The van der Waals surface area contributed by atoms with Crippen LogP contribution in [0.4, 0.5) is 15.9 Å². The van der Waals surface area contributed by atoms with Crippen LogP contribution in [0.5, 0.6) is 0 Å². The number of hydrogen-bond acceptors (Lipinski definition) is 7. The van der Waals surface area contributed by atoms with Gasteiger partial charge in [0.2, 0.25) is 11.8 Å². The molecule has 4 aliphatic rings. The summed E-state index contributed by atoms with van der Waals surface area (Å²) in [5.41, 5.74) is 11.6. The first kappa shape index (κ1) is 35.2. The zero-order valence-corrected chi connectivity index (χ0v) is 29.9. The molecule has 0 aliphatic carbocycles. The van der Waals surface area contributed by atoms with E-state index in [1.165, 1.54) is 18.0 Å². The van der Waals surface area contributed by atoms with Gasteiger partial charge in [-0.3, -0.25) is 24.9 Å². The molecule has 1 spiro atoms. The lowest BCUT2D eigenvalue weighted by atomic mass is 9.85. The molecule has 2 aromatic carbocycles. The van der Waals surface area contributed by atoms with E-state index in [4.69, 9.17) is 11.1 Å². The third kappa shape index (κ3) is 6.99. The van der Waals surface area contributed by atoms with Crippen molar-refractivity contribution in [2.75, 3.05) is 69.2 Å². The highest BCUT2D eigenvalue weighted by molar-refractivity contribution is 6.12. The van der Waals surface area contributed by atoms with Crippen molar-refractivity contribution in [1.82, 2.24) is 14.8 Å². The molecular weight excluding hydrogens is 657 g/mol. The van der Waals surface area contributed by atoms with Crippen LogP contribution in [0, 0.1) is 23.6 Å². The Kier molecular flexibility index (Phi) is 10.0. The Balaban J connectivity index is 0.966. The second kappa shape index (κ2) is 14.8. The fourth-order valence-electron chi connectivity index (χ4n) is 7.94. The quantitative estimate of drug-likeness (QED) is 0.246. The molecule has 2 amide bonds. The first-order chi connectivity index (χ1) is 25.2. The number of hydrogen-bond donors (Lipinski definition) is 2. The lowest BCUT2D eigenvalue weighted by molar-refractivity contribution is -0.132. The molecule has 0 unspecified atom stereocenters. The number of aromatic nitrogens is 1. The maximum atomic E-state index is 14.7. The van der Waals surface area contributed by atoms with Gasteiger partial charge in [0.05, 0.1) is 23.4 Å². The van der Waals surface area contributed by atoms with Gasteiger partial charge in [0.1, 0.15) is 12.2 Å². The molecule has 11 nitrogen and oxygen atoms in total. The van der Waals surface area contributed by atoms with E-state index in [1.54, 1.807) is 13.1 Å². The average molecular weight is 704 g/mol. The number of likely N-dealkylation sites (tertiary alicyclic amines) is 1. The third-order valence-corrected chi connectivity index (χ3v) is 11.0. The van der Waals surface area contributed by atoms with Crippen LogP contribution in [0.3, 0.4) is 0 Å². The largest absolute Gasteiger partial charge is 0.383 e. The summed E-state index contributed by atoms with van der Waals surface area (Å²) in [7, 11) is 1.65. The molecule has 52 heavy (non-hydrogen) atoms. The Morgan fingerprint density at radius 3 is 2.54 bits per heavy atom. The minimum atomic E-state index is -0.527. The normalized spacial score (nSPS) is 21.2. The Labute approximate surface area is 304 Å². The number of nitrogens with two attached hydrogens (primary N) is 1. The summed E-state index contributed by atoms with van der Waals surface area (Å²) in [6.45, 7) is 6.78. The van der Waals surface area contributed by atoms with Crippen LogP contribution >= 0.6 is 0 Å². The fraction of sp³-hybridized carbons (Fsp3) is 0.400. The van der Waals surface area contributed by atoms with Gasteiger partial charge in [-0.25, -0.2) is 14.4 Å². The van der Waals surface area contributed by atoms with Crippen LogP contribution in [0.25, 0.3) is 5.57 Å². The van der Waals surface area contributed by atoms with Gasteiger partial charge in [-0.15, -0.1) is 0 Å². The number of anilines is 2. The Morgan fingerprint density at radius 2 is 1.81 bits per heavy atom. The summed E-state index contributed by atoms with van der Waals surface area (Å²) in [4.78, 5) is 47.8. The highest BCUT2D eigenvalue weighted by Gasteiger charge is 2.51. The van der Waals surface area contributed by atoms with Crippen LogP contribution in [-0.4, -0.2) is 104 Å². The van der Waals surface area contributed by atoms with Crippen molar-refractivity contribution in [2.45, 2.75) is 39.0 Å². The van der Waals surface area contributed by atoms with E-state index < -0.39 is 5.41 Å². The van der Waals surface area contributed by atoms with E-state index in [9.17, 15) is 14.0 Å². The number of aryl methyl sites for hydroxylation is 1. The lowest BCUT2D eigenvalue weighted by Gasteiger charge is -2.29. The van der Waals surface area contributed by atoms with Gasteiger partial charge in [0.15, 0.2) is 11.6 Å². The number of nitrogens with zero attached hydrogens (tertiary/aromatic N) is 7. The zero-order chi connectivity index (χ0) is 36.4. The van der Waals surface area contributed by atoms with Crippen molar-refractivity contribution in [3.63, 3.8) is 0 Å². The summed E-state index contributed by atoms with van der Waals surface area (Å²) < 4.78 is 14.7. The van der Waals surface area contributed by atoms with Crippen molar-refractivity contribution < 1.29 is 14.0 Å². The van der Waals surface area contributed by atoms with Gasteiger partial charge in [-0.2, -0.15) is 0 Å². The van der Waals surface area contributed by atoms with Crippen molar-refractivity contribution in [3.8, 4) is 0 Å². The van der Waals surface area contributed by atoms with Gasteiger partial charge in [-0.1, -0.05) is 36.4 Å². The lowest BCUT2D eigenvalue weighted by Crippen LogP contribution is -2.43. The smallest absolute Gasteiger partial charge is 0.237 e. The summed E-state index contributed by atoms with van der Waals surface area (Å²) in [5.74, 6) is 0.489. The van der Waals surface area contributed by atoms with Gasteiger partial charge in [0, 0.05) is 63.1 Å². The zero-order valence-electron chi connectivity index (χ0n) is 29.9. The maximum Gasteiger partial charge on any atom is 0.237 e. The first-order valence-electron chi connectivity index (χ1n) is 18.1. The Hall–Kier alpha value is -5.23. The molecule has 3 saturated heterocycles. The highest BCUT2D eigenvalue weighted by atomic mass is 19.1. The molecule has 0 radical (unpaired) electrons. The number of carbonyl (C=O) groups excluding carboxylic acids is 2. The summed E-state index contributed by atoms with van der Waals surface area (Å²) in [5, 5.41) is 9.03. The van der Waals surface area contributed by atoms with E-state index >= 15 is 0 Å². The van der Waals surface area contributed by atoms with Gasteiger partial charge in [-0.05, 0) is 86.5 Å². The monoisotopic (exact) mass is 703 g/mol. The first-order valence-corrected chi connectivity index (χ1v) is 18.1. The van der Waals surface area contributed by atoms with E-state index in [-0.39, 0.29) is 23.3 Å². The molecular formula is C40H46FN9O2. The topological polar surface area (TPSA) is 135 Å². The van der Waals surface area contributed by atoms with Gasteiger partial charge in [0.25, 0.3) is 0 Å². The van der Waals surface area contributed by atoms with Crippen molar-refractivity contribution in [3.05, 3.63) is 94.4 Å². The molecule has 0 saturated carbocycles. The van der Waals surface area contributed by atoms with E-state index in [1.807, 2.05) is 64.1 Å². The van der Waals surface area contributed by atoms with Crippen LogP contribution in [0.2, 0.25) is 0 Å².